The van der Waals surface area contributed by atoms with Gasteiger partial charge in [0, 0.05) is 46.2 Å². The van der Waals surface area contributed by atoms with Crippen LogP contribution >= 0.6 is 0 Å². The number of hydrogen-bond donors (Lipinski definition) is 1. The van der Waals surface area contributed by atoms with Gasteiger partial charge in [0.2, 0.25) is 0 Å². The molecule has 1 radical (unpaired) electrons. The molecule has 0 bridgehead atoms. The fourth-order valence-corrected chi connectivity index (χ4v) is 5.22. The molecule has 0 amide bonds. The summed E-state index contributed by atoms with van der Waals surface area (Å²) in [7, 11) is 2.16. The number of halogens is 2. The number of nitrogens with two attached hydrogens (primary N) is 1. The minimum atomic E-state index is 0. The topological polar surface area (TPSA) is 37.2 Å². The molecular formula is C32H31BF2N4+. The SMILES string of the molecule is Cc1cc(/C=C/c2ccc(N(c3ccccc3)c3ccccc3)cc2)n2c1C(CCN)=C1C=CC=[N+]1[B]2.F.F. The number of aryl methyl sites for hydroxylation is 1. The van der Waals surface area contributed by atoms with Crippen LogP contribution < -0.4 is 10.6 Å². The summed E-state index contributed by atoms with van der Waals surface area (Å²) < 4.78 is 4.47. The zero-order valence-electron chi connectivity index (χ0n) is 21.8. The van der Waals surface area contributed by atoms with E-state index in [2.05, 4.69) is 138 Å². The first kappa shape index (κ1) is 27.5. The van der Waals surface area contributed by atoms with E-state index in [9.17, 15) is 0 Å². The van der Waals surface area contributed by atoms with Crippen LogP contribution in [-0.2, 0) is 0 Å². The molecule has 0 saturated carbocycles. The van der Waals surface area contributed by atoms with Crippen LogP contribution in [0, 0.1) is 6.92 Å². The third-order valence-electron chi connectivity index (χ3n) is 6.89. The smallest absolute Gasteiger partial charge is 0.330 e. The molecule has 39 heavy (non-hydrogen) atoms. The first-order valence-corrected chi connectivity index (χ1v) is 12.7. The van der Waals surface area contributed by atoms with Crippen molar-refractivity contribution in [3.63, 3.8) is 0 Å². The molecule has 4 nitrogen and oxygen atoms in total. The second kappa shape index (κ2) is 11.9. The lowest BCUT2D eigenvalue weighted by molar-refractivity contribution is -0.307. The quantitative estimate of drug-likeness (QED) is 0.271. The van der Waals surface area contributed by atoms with Crippen LogP contribution in [0.2, 0.25) is 0 Å². The summed E-state index contributed by atoms with van der Waals surface area (Å²) in [6.45, 7) is 2.81. The van der Waals surface area contributed by atoms with Gasteiger partial charge in [0.1, 0.15) is 6.21 Å². The normalized spacial score (nSPS) is 13.2. The van der Waals surface area contributed by atoms with Crippen molar-refractivity contribution in [2.75, 3.05) is 11.4 Å². The van der Waals surface area contributed by atoms with Gasteiger partial charge in [0.15, 0.2) is 5.70 Å². The van der Waals surface area contributed by atoms with E-state index in [4.69, 9.17) is 5.73 Å². The van der Waals surface area contributed by atoms with Crippen LogP contribution in [0.4, 0.5) is 26.5 Å². The molecule has 0 fully saturated rings. The Morgan fingerprint density at radius 3 is 2.08 bits per heavy atom. The molecule has 195 valence electrons. The summed E-state index contributed by atoms with van der Waals surface area (Å²) >= 11 is 0. The molecule has 2 aliphatic rings. The average Bonchev–Trinajstić information content (AvgIpc) is 3.54. The summed E-state index contributed by atoms with van der Waals surface area (Å²) in [5.41, 5.74) is 16.7. The maximum atomic E-state index is 5.97. The molecule has 0 aliphatic carbocycles. The summed E-state index contributed by atoms with van der Waals surface area (Å²) in [5, 5.41) is 0. The summed E-state index contributed by atoms with van der Waals surface area (Å²) in [4.78, 5) is 2.28. The van der Waals surface area contributed by atoms with Crippen molar-refractivity contribution in [1.29, 1.82) is 0 Å². The number of benzene rings is 3. The lowest BCUT2D eigenvalue weighted by atomic mass is 9.94. The second-order valence-corrected chi connectivity index (χ2v) is 9.34. The van der Waals surface area contributed by atoms with Crippen LogP contribution in [0.15, 0.2) is 109 Å². The predicted octanol–water partition coefficient (Wildman–Crippen LogP) is 6.85. The molecule has 2 aliphatic heterocycles. The lowest BCUT2D eigenvalue weighted by Gasteiger charge is -2.25. The minimum Gasteiger partial charge on any atom is -0.330 e. The molecule has 0 unspecified atom stereocenters. The Hall–Kier alpha value is -4.49. The summed E-state index contributed by atoms with van der Waals surface area (Å²) in [6, 6.07) is 31.9. The van der Waals surface area contributed by atoms with Crippen molar-refractivity contribution in [2.45, 2.75) is 13.3 Å². The molecule has 2 N–H and O–H groups in total. The van der Waals surface area contributed by atoms with E-state index >= 15 is 0 Å². The molecular weight excluding hydrogens is 489 g/mol. The van der Waals surface area contributed by atoms with E-state index in [-0.39, 0.29) is 9.41 Å². The van der Waals surface area contributed by atoms with Gasteiger partial charge in [0.25, 0.3) is 0 Å². The van der Waals surface area contributed by atoms with Crippen molar-refractivity contribution >= 4 is 48.6 Å². The molecule has 0 atom stereocenters. The van der Waals surface area contributed by atoms with E-state index < -0.39 is 0 Å². The Kier molecular flexibility index (Phi) is 8.42. The highest BCUT2D eigenvalue weighted by atomic mass is 19.0. The first-order chi connectivity index (χ1) is 18.2. The Balaban J connectivity index is 0.00000176. The van der Waals surface area contributed by atoms with Gasteiger partial charge in [-0.15, -0.1) is 0 Å². The van der Waals surface area contributed by atoms with Gasteiger partial charge in [-0.25, -0.2) is 0 Å². The minimum absolute atomic E-state index is 0. The largest absolute Gasteiger partial charge is 0.699 e. The van der Waals surface area contributed by atoms with Gasteiger partial charge in [-0.3, -0.25) is 13.9 Å². The number of nitrogens with zero attached hydrogens (tertiary/aromatic N) is 3. The summed E-state index contributed by atoms with van der Waals surface area (Å²) in [5.74, 6) is 0. The van der Waals surface area contributed by atoms with E-state index in [1.54, 1.807) is 0 Å². The van der Waals surface area contributed by atoms with Gasteiger partial charge in [-0.05, 0) is 79.6 Å². The van der Waals surface area contributed by atoms with E-state index in [1.165, 1.54) is 22.5 Å². The van der Waals surface area contributed by atoms with Gasteiger partial charge < -0.3 is 15.1 Å². The molecule has 6 rings (SSSR count). The van der Waals surface area contributed by atoms with Crippen molar-refractivity contribution in [1.82, 2.24) is 4.48 Å². The third-order valence-corrected chi connectivity index (χ3v) is 6.89. The summed E-state index contributed by atoms with van der Waals surface area (Å²) in [6.07, 6.45) is 11.6. The van der Waals surface area contributed by atoms with Crippen LogP contribution in [0.25, 0.3) is 17.7 Å². The highest BCUT2D eigenvalue weighted by molar-refractivity contribution is 6.28. The fourth-order valence-electron chi connectivity index (χ4n) is 5.22. The number of aromatic nitrogens is 1. The van der Waals surface area contributed by atoms with Crippen LogP contribution in [0.5, 0.6) is 0 Å². The van der Waals surface area contributed by atoms with E-state index in [0.717, 1.165) is 34.7 Å². The fraction of sp³-hybridized carbons (Fsp3) is 0.0938. The second-order valence-electron chi connectivity index (χ2n) is 9.34. The first-order valence-electron chi connectivity index (χ1n) is 12.7. The maximum Gasteiger partial charge on any atom is 0.699 e. The molecule has 4 aromatic rings. The number of hydrogen-bond acceptors (Lipinski definition) is 2. The third kappa shape index (κ3) is 5.26. The molecule has 3 heterocycles. The monoisotopic (exact) mass is 520 g/mol. The number of rotatable bonds is 7. The Bertz CT molecular complexity index is 1510. The van der Waals surface area contributed by atoms with Crippen molar-refractivity contribution in [3.8, 4) is 0 Å². The Labute approximate surface area is 228 Å². The molecule has 7 heteroatoms. The van der Waals surface area contributed by atoms with E-state index in [1.807, 2.05) is 12.1 Å². The zero-order valence-corrected chi connectivity index (χ0v) is 21.8. The number of para-hydroxylation sites is 2. The molecule has 1 aromatic heterocycles. The molecule has 3 aromatic carbocycles. The zero-order chi connectivity index (χ0) is 25.2. The van der Waals surface area contributed by atoms with E-state index in [0.29, 0.717) is 6.54 Å². The van der Waals surface area contributed by atoms with Crippen LogP contribution in [-0.4, -0.2) is 29.3 Å². The number of fused-ring (bicyclic) bond motifs is 2. The maximum absolute atomic E-state index is 5.97. The standard InChI is InChI=1S/C32H29BN4.2FH/c1-24-23-29(37-32(24)30(20-21-34)31-13-8-22-35(31)33-37)19-16-25-14-17-28(18-15-25)36(26-9-4-2-5-10-26)27-11-6-3-7-12-27;;/h2-19,22-23H,20-21,34H2,1H3;2*1H/q+1;;. The van der Waals surface area contributed by atoms with Gasteiger partial charge in [-0.2, -0.15) is 0 Å². The Morgan fingerprint density at radius 1 is 0.846 bits per heavy atom. The van der Waals surface area contributed by atoms with Crippen LogP contribution in [0.3, 0.4) is 0 Å². The highest BCUT2D eigenvalue weighted by Gasteiger charge is 2.34. The predicted molar refractivity (Wildman–Crippen MR) is 161 cm³/mol. The van der Waals surface area contributed by atoms with Gasteiger partial charge in [-0.1, -0.05) is 54.6 Å². The molecule has 0 spiro atoms. The highest BCUT2D eigenvalue weighted by Crippen LogP contribution is 2.35. The average molecular weight is 520 g/mol. The molecule has 0 saturated heterocycles. The Morgan fingerprint density at radius 2 is 1.46 bits per heavy atom. The van der Waals surface area contributed by atoms with Crippen molar-refractivity contribution in [2.24, 2.45) is 5.73 Å². The lowest BCUT2D eigenvalue weighted by Crippen LogP contribution is -2.30. The van der Waals surface area contributed by atoms with Gasteiger partial charge in [0.05, 0.1) is 0 Å². The number of allylic oxidation sites excluding steroid dienone is 2. The van der Waals surface area contributed by atoms with Crippen molar-refractivity contribution < 1.29 is 13.9 Å². The van der Waals surface area contributed by atoms with Crippen LogP contribution in [0.1, 0.15) is 28.9 Å². The van der Waals surface area contributed by atoms with Gasteiger partial charge >= 0.3 is 7.55 Å². The number of anilines is 3. The van der Waals surface area contributed by atoms with Crippen molar-refractivity contribution in [3.05, 3.63) is 131 Å².